The van der Waals surface area contributed by atoms with Gasteiger partial charge in [-0.2, -0.15) is 0 Å². The summed E-state index contributed by atoms with van der Waals surface area (Å²) >= 11 is 0. The molecular weight excluding hydrogens is 335 g/mol. The zero-order valence-electron chi connectivity index (χ0n) is 14.0. The number of carbonyl (C=O) groups is 2. The third-order valence-electron chi connectivity index (χ3n) is 4.30. The third kappa shape index (κ3) is 4.08. The van der Waals surface area contributed by atoms with Crippen molar-refractivity contribution < 1.29 is 19.1 Å². The highest BCUT2D eigenvalue weighted by molar-refractivity contribution is 5.86. The molecule has 1 heterocycles. The maximum atomic E-state index is 13.6. The largest absolute Gasteiger partial charge is 0.548 e. The van der Waals surface area contributed by atoms with E-state index in [1.807, 2.05) is 24.3 Å². The number of nitrogens with one attached hydrogen (secondary N) is 2. The van der Waals surface area contributed by atoms with E-state index < -0.39 is 17.9 Å². The van der Waals surface area contributed by atoms with Gasteiger partial charge in [-0.3, -0.25) is 4.79 Å². The van der Waals surface area contributed by atoms with Gasteiger partial charge < -0.3 is 20.2 Å². The van der Waals surface area contributed by atoms with E-state index in [1.165, 1.54) is 6.07 Å². The van der Waals surface area contributed by atoms with Crippen LogP contribution in [0.25, 0.3) is 10.9 Å². The summed E-state index contributed by atoms with van der Waals surface area (Å²) in [5.41, 5.74) is 2.10. The molecule has 1 aromatic heterocycles. The van der Waals surface area contributed by atoms with Crippen molar-refractivity contribution >= 4 is 22.8 Å². The fourth-order valence-electron chi connectivity index (χ4n) is 2.93. The highest BCUT2D eigenvalue weighted by Gasteiger charge is 2.16. The Hall–Kier alpha value is -3.15. The van der Waals surface area contributed by atoms with Gasteiger partial charge >= 0.3 is 0 Å². The van der Waals surface area contributed by atoms with E-state index in [0.717, 1.165) is 16.5 Å². The van der Waals surface area contributed by atoms with Crippen molar-refractivity contribution in [1.29, 1.82) is 0 Å². The molecule has 5 nitrogen and oxygen atoms in total. The summed E-state index contributed by atoms with van der Waals surface area (Å²) in [6.45, 7) is 0. The van der Waals surface area contributed by atoms with Crippen LogP contribution in [0.15, 0.2) is 54.7 Å². The second-order valence-electron chi connectivity index (χ2n) is 6.09. The molecule has 0 aliphatic heterocycles. The fraction of sp³-hybridized carbons (Fsp3) is 0.200. The van der Waals surface area contributed by atoms with Crippen LogP contribution in [0.5, 0.6) is 0 Å². The lowest BCUT2D eigenvalue weighted by molar-refractivity contribution is -0.308. The van der Waals surface area contributed by atoms with Crippen LogP contribution >= 0.6 is 0 Å². The molecule has 0 spiro atoms. The molecule has 0 aliphatic rings. The molecule has 134 valence electrons. The highest BCUT2D eigenvalue weighted by atomic mass is 19.1. The van der Waals surface area contributed by atoms with Crippen molar-refractivity contribution in [3.8, 4) is 0 Å². The number of carboxylic acid groups (broad SMARTS) is 1. The number of aromatic amines is 1. The number of hydrogen-bond acceptors (Lipinski definition) is 3. The van der Waals surface area contributed by atoms with Gasteiger partial charge in [0, 0.05) is 29.9 Å². The van der Waals surface area contributed by atoms with Crippen LogP contribution in [0.2, 0.25) is 0 Å². The van der Waals surface area contributed by atoms with Gasteiger partial charge in [-0.05, 0) is 29.7 Å². The first-order valence-electron chi connectivity index (χ1n) is 8.33. The van der Waals surface area contributed by atoms with E-state index in [-0.39, 0.29) is 25.1 Å². The Bertz CT molecular complexity index is 935. The number of fused-ring (bicyclic) bond motifs is 1. The maximum absolute atomic E-state index is 13.6. The molecule has 2 aromatic carbocycles. The first-order valence-corrected chi connectivity index (χ1v) is 8.33. The lowest BCUT2D eigenvalue weighted by atomic mass is 10.0. The van der Waals surface area contributed by atoms with E-state index in [9.17, 15) is 19.1 Å². The minimum Gasteiger partial charge on any atom is -0.548 e. The smallest absolute Gasteiger partial charge is 0.220 e. The number of aryl methyl sites for hydroxylation is 1. The predicted molar refractivity (Wildman–Crippen MR) is 93.7 cm³/mol. The lowest BCUT2D eigenvalue weighted by Gasteiger charge is -2.19. The summed E-state index contributed by atoms with van der Waals surface area (Å²) in [7, 11) is 0. The number of aromatic nitrogens is 1. The van der Waals surface area contributed by atoms with E-state index >= 15 is 0 Å². The molecule has 2 N–H and O–H groups in total. The molecule has 0 radical (unpaired) electrons. The summed E-state index contributed by atoms with van der Waals surface area (Å²) in [5.74, 6) is -2.19. The molecule has 0 bridgehead atoms. The number of carboxylic acids is 1. The molecule has 0 unspecified atom stereocenters. The number of hydrogen-bond donors (Lipinski definition) is 2. The summed E-state index contributed by atoms with van der Waals surface area (Å²) in [6, 6.07) is 12.6. The minimum atomic E-state index is -1.35. The Kier molecular flexibility index (Phi) is 5.31. The van der Waals surface area contributed by atoms with Crippen LogP contribution in [0.4, 0.5) is 4.39 Å². The van der Waals surface area contributed by atoms with Crippen LogP contribution in [0, 0.1) is 5.82 Å². The van der Waals surface area contributed by atoms with Crippen molar-refractivity contribution in [3.63, 3.8) is 0 Å². The average molecular weight is 353 g/mol. The lowest BCUT2D eigenvalue weighted by Crippen LogP contribution is -2.49. The minimum absolute atomic E-state index is 0.00139. The van der Waals surface area contributed by atoms with Crippen LogP contribution in [-0.4, -0.2) is 22.9 Å². The zero-order chi connectivity index (χ0) is 18.5. The Balaban J connectivity index is 1.64. The molecule has 0 saturated carbocycles. The number of aliphatic carboxylic acids is 1. The molecule has 1 amide bonds. The monoisotopic (exact) mass is 353 g/mol. The van der Waals surface area contributed by atoms with Crippen LogP contribution < -0.4 is 10.4 Å². The van der Waals surface area contributed by atoms with Gasteiger partial charge in [-0.25, -0.2) is 4.39 Å². The van der Waals surface area contributed by atoms with E-state index in [1.54, 1.807) is 24.4 Å². The summed E-state index contributed by atoms with van der Waals surface area (Å²) in [4.78, 5) is 26.6. The molecule has 3 rings (SSSR count). The predicted octanol–water partition coefficient (Wildman–Crippen LogP) is 1.72. The number of carbonyl (C=O) groups excluding carboxylic acids is 2. The van der Waals surface area contributed by atoms with Gasteiger partial charge in [0.2, 0.25) is 5.91 Å². The van der Waals surface area contributed by atoms with Crippen LogP contribution in [0.3, 0.4) is 0 Å². The normalized spacial score (nSPS) is 12.0. The number of halogens is 1. The van der Waals surface area contributed by atoms with Gasteiger partial charge in [0.1, 0.15) is 5.82 Å². The molecule has 0 saturated heterocycles. The molecular formula is C20H18FN2O3-. The number of amides is 1. The average Bonchev–Trinajstić information content (AvgIpc) is 3.03. The first kappa shape index (κ1) is 17.7. The SMILES string of the molecule is O=C(CCc1ccccc1F)N[C@@H](Cc1c[nH]c2ccccc12)C(=O)[O-]. The van der Waals surface area contributed by atoms with Crippen molar-refractivity contribution in [2.75, 3.05) is 0 Å². The Morgan fingerprint density at radius 1 is 1.08 bits per heavy atom. The van der Waals surface area contributed by atoms with E-state index in [4.69, 9.17) is 0 Å². The fourth-order valence-corrected chi connectivity index (χ4v) is 2.93. The van der Waals surface area contributed by atoms with Gasteiger partial charge in [0.15, 0.2) is 0 Å². The van der Waals surface area contributed by atoms with Gasteiger partial charge in [0.05, 0.1) is 12.0 Å². The van der Waals surface area contributed by atoms with Crippen LogP contribution in [0.1, 0.15) is 17.5 Å². The van der Waals surface area contributed by atoms with Crippen molar-refractivity contribution in [1.82, 2.24) is 10.3 Å². The van der Waals surface area contributed by atoms with Gasteiger partial charge in [-0.1, -0.05) is 36.4 Å². The Labute approximate surface area is 149 Å². The van der Waals surface area contributed by atoms with E-state index in [0.29, 0.717) is 5.56 Å². The quantitative estimate of drug-likeness (QED) is 0.678. The summed E-state index contributed by atoms with van der Waals surface area (Å²) < 4.78 is 13.6. The third-order valence-corrected chi connectivity index (χ3v) is 4.30. The van der Waals surface area contributed by atoms with Crippen molar-refractivity contribution in [2.45, 2.75) is 25.3 Å². The van der Waals surface area contributed by atoms with Gasteiger partial charge in [0.25, 0.3) is 0 Å². The molecule has 3 aromatic rings. The Morgan fingerprint density at radius 2 is 1.81 bits per heavy atom. The summed E-state index contributed by atoms with van der Waals surface area (Å²) in [5, 5.41) is 14.8. The zero-order valence-corrected chi connectivity index (χ0v) is 14.0. The summed E-state index contributed by atoms with van der Waals surface area (Å²) in [6.07, 6.45) is 2.04. The first-order chi connectivity index (χ1) is 12.5. The van der Waals surface area contributed by atoms with E-state index in [2.05, 4.69) is 10.3 Å². The number of benzene rings is 2. The molecule has 0 aliphatic carbocycles. The molecule has 6 heteroatoms. The number of rotatable bonds is 7. The Morgan fingerprint density at radius 3 is 2.58 bits per heavy atom. The topological polar surface area (TPSA) is 85.0 Å². The molecule has 0 fully saturated rings. The number of para-hydroxylation sites is 1. The van der Waals surface area contributed by atoms with Crippen LogP contribution in [-0.2, 0) is 22.4 Å². The second kappa shape index (κ2) is 7.82. The van der Waals surface area contributed by atoms with Crippen molar-refractivity contribution in [3.05, 3.63) is 71.7 Å². The molecule has 26 heavy (non-hydrogen) atoms. The second-order valence-corrected chi connectivity index (χ2v) is 6.09. The maximum Gasteiger partial charge on any atom is 0.220 e. The highest BCUT2D eigenvalue weighted by Crippen LogP contribution is 2.19. The molecule has 1 atom stereocenters. The van der Waals surface area contributed by atoms with Crippen molar-refractivity contribution in [2.24, 2.45) is 0 Å². The van der Waals surface area contributed by atoms with Gasteiger partial charge in [-0.15, -0.1) is 0 Å². The standard InChI is InChI=1S/C20H19FN2O3/c21-16-7-3-1-5-13(16)9-10-19(24)23-18(20(25)26)11-14-12-22-17-8-4-2-6-15(14)17/h1-8,12,18,22H,9-11H2,(H,23,24)(H,25,26)/p-1/t18-/m0/s1. The number of H-pyrrole nitrogens is 1.